The third-order valence-electron chi connectivity index (χ3n) is 2.92. The molecule has 1 aliphatic heterocycles. The molecule has 102 valence electrons. The number of nitrogens with one attached hydrogen (secondary N) is 1. The second-order valence-electron chi connectivity index (χ2n) is 4.32. The van der Waals surface area contributed by atoms with Gasteiger partial charge in [-0.1, -0.05) is 0 Å². The van der Waals surface area contributed by atoms with Crippen molar-refractivity contribution in [1.82, 2.24) is 0 Å². The maximum absolute atomic E-state index is 11.8. The van der Waals surface area contributed by atoms with Crippen molar-refractivity contribution in [3.05, 3.63) is 18.2 Å². The van der Waals surface area contributed by atoms with Crippen molar-refractivity contribution >= 4 is 23.2 Å². The molecule has 0 unspecified atom stereocenters. The van der Waals surface area contributed by atoms with Gasteiger partial charge in [-0.05, 0) is 18.2 Å². The van der Waals surface area contributed by atoms with E-state index in [2.05, 4.69) is 5.32 Å². The van der Waals surface area contributed by atoms with E-state index in [0.29, 0.717) is 36.7 Å². The van der Waals surface area contributed by atoms with Crippen LogP contribution in [-0.4, -0.2) is 32.0 Å². The van der Waals surface area contributed by atoms with E-state index < -0.39 is 0 Å². The molecule has 0 saturated heterocycles. The topological polar surface area (TPSA) is 84.7 Å². The molecule has 0 aliphatic carbocycles. The van der Waals surface area contributed by atoms with Crippen molar-refractivity contribution in [2.45, 2.75) is 12.8 Å². The summed E-state index contributed by atoms with van der Waals surface area (Å²) in [4.78, 5) is 24.8. The highest BCUT2D eigenvalue weighted by Gasteiger charge is 2.20. The first-order chi connectivity index (χ1) is 9.11. The van der Waals surface area contributed by atoms with Gasteiger partial charge in [-0.25, -0.2) is 0 Å². The van der Waals surface area contributed by atoms with Crippen LogP contribution in [0.5, 0.6) is 5.75 Å². The largest absolute Gasteiger partial charge is 0.491 e. The van der Waals surface area contributed by atoms with E-state index in [4.69, 9.17) is 10.5 Å². The lowest BCUT2D eigenvalue weighted by atomic mass is 10.2. The standard InChI is InChI=1S/C13H17N3O3/c1-16-10-8-9(15-12(17)4-6-14)2-3-11(10)19-7-5-13(16)18/h2-3,8H,4-7,14H2,1H3,(H,15,17). The molecule has 2 amide bonds. The summed E-state index contributed by atoms with van der Waals surface area (Å²) in [6, 6.07) is 5.23. The van der Waals surface area contributed by atoms with Gasteiger partial charge in [0.15, 0.2) is 0 Å². The minimum Gasteiger partial charge on any atom is -0.491 e. The summed E-state index contributed by atoms with van der Waals surface area (Å²) in [5.41, 5.74) is 6.61. The molecule has 1 aromatic rings. The molecular formula is C13H17N3O3. The fraction of sp³-hybridized carbons (Fsp3) is 0.385. The number of anilines is 2. The summed E-state index contributed by atoms with van der Waals surface area (Å²) >= 11 is 0. The molecule has 1 aliphatic rings. The fourth-order valence-corrected chi connectivity index (χ4v) is 1.88. The maximum atomic E-state index is 11.8. The highest BCUT2D eigenvalue weighted by Crippen LogP contribution is 2.33. The Morgan fingerprint density at radius 1 is 1.53 bits per heavy atom. The number of ether oxygens (including phenoxy) is 1. The number of hydrogen-bond donors (Lipinski definition) is 2. The third-order valence-corrected chi connectivity index (χ3v) is 2.92. The van der Waals surface area contributed by atoms with Crippen LogP contribution >= 0.6 is 0 Å². The molecule has 0 saturated carbocycles. The minimum absolute atomic E-state index is 0.0100. The number of carbonyl (C=O) groups is 2. The highest BCUT2D eigenvalue weighted by molar-refractivity contribution is 5.97. The average Bonchev–Trinajstić information content (AvgIpc) is 2.51. The lowest BCUT2D eigenvalue weighted by molar-refractivity contribution is -0.118. The Hall–Kier alpha value is -2.08. The van der Waals surface area contributed by atoms with Gasteiger partial charge in [0, 0.05) is 25.7 Å². The number of amides is 2. The first kappa shape index (κ1) is 13.4. The number of benzene rings is 1. The van der Waals surface area contributed by atoms with Crippen molar-refractivity contribution in [2.24, 2.45) is 5.73 Å². The van der Waals surface area contributed by atoms with E-state index >= 15 is 0 Å². The van der Waals surface area contributed by atoms with Crippen molar-refractivity contribution in [3.8, 4) is 5.75 Å². The van der Waals surface area contributed by atoms with Crippen LogP contribution in [0.3, 0.4) is 0 Å². The lowest BCUT2D eigenvalue weighted by Crippen LogP contribution is -2.25. The summed E-state index contributed by atoms with van der Waals surface area (Å²) in [5.74, 6) is 0.486. The van der Waals surface area contributed by atoms with E-state index in [1.807, 2.05) is 0 Å². The van der Waals surface area contributed by atoms with E-state index in [-0.39, 0.29) is 18.2 Å². The molecule has 1 aromatic carbocycles. The van der Waals surface area contributed by atoms with Gasteiger partial charge in [0.05, 0.1) is 18.7 Å². The molecule has 19 heavy (non-hydrogen) atoms. The van der Waals surface area contributed by atoms with Gasteiger partial charge in [-0.3, -0.25) is 9.59 Å². The van der Waals surface area contributed by atoms with Crippen LogP contribution in [0, 0.1) is 0 Å². The Morgan fingerprint density at radius 3 is 3.05 bits per heavy atom. The fourth-order valence-electron chi connectivity index (χ4n) is 1.88. The summed E-state index contributed by atoms with van der Waals surface area (Å²) in [7, 11) is 1.70. The zero-order valence-corrected chi connectivity index (χ0v) is 10.8. The van der Waals surface area contributed by atoms with Crippen LogP contribution in [0.1, 0.15) is 12.8 Å². The van der Waals surface area contributed by atoms with Gasteiger partial charge in [0.25, 0.3) is 0 Å². The molecule has 0 fully saturated rings. The van der Waals surface area contributed by atoms with E-state index in [9.17, 15) is 9.59 Å². The zero-order valence-electron chi connectivity index (χ0n) is 10.8. The van der Waals surface area contributed by atoms with E-state index in [0.717, 1.165) is 0 Å². The summed E-state index contributed by atoms with van der Waals surface area (Å²) < 4.78 is 5.50. The Bertz CT molecular complexity index is 502. The van der Waals surface area contributed by atoms with Crippen LogP contribution < -0.4 is 20.7 Å². The number of nitrogens with two attached hydrogens (primary N) is 1. The molecule has 0 bridgehead atoms. The average molecular weight is 263 g/mol. The zero-order chi connectivity index (χ0) is 13.8. The van der Waals surface area contributed by atoms with Crippen molar-refractivity contribution < 1.29 is 14.3 Å². The number of fused-ring (bicyclic) bond motifs is 1. The molecule has 0 spiro atoms. The van der Waals surface area contributed by atoms with Crippen LogP contribution in [0.2, 0.25) is 0 Å². The smallest absolute Gasteiger partial charge is 0.230 e. The molecule has 0 aromatic heterocycles. The van der Waals surface area contributed by atoms with Gasteiger partial charge < -0.3 is 20.7 Å². The van der Waals surface area contributed by atoms with Crippen LogP contribution in [0.25, 0.3) is 0 Å². The van der Waals surface area contributed by atoms with Crippen molar-refractivity contribution in [1.29, 1.82) is 0 Å². The van der Waals surface area contributed by atoms with Gasteiger partial charge in [-0.15, -0.1) is 0 Å². The first-order valence-corrected chi connectivity index (χ1v) is 6.15. The molecule has 6 nitrogen and oxygen atoms in total. The molecule has 2 rings (SSSR count). The SMILES string of the molecule is CN1C(=O)CCOc2ccc(NC(=O)CCN)cc21. The Kier molecular flexibility index (Phi) is 4.01. The van der Waals surface area contributed by atoms with E-state index in [1.54, 1.807) is 30.1 Å². The molecule has 3 N–H and O–H groups in total. The molecule has 1 heterocycles. The highest BCUT2D eigenvalue weighted by atomic mass is 16.5. The summed E-state index contributed by atoms with van der Waals surface area (Å²) in [5, 5.41) is 2.74. The monoisotopic (exact) mass is 263 g/mol. The van der Waals surface area contributed by atoms with Crippen LogP contribution in [0.15, 0.2) is 18.2 Å². The number of rotatable bonds is 3. The molecule has 0 radical (unpaired) electrons. The maximum Gasteiger partial charge on any atom is 0.230 e. The molecule has 6 heteroatoms. The minimum atomic E-state index is -0.147. The molecule has 0 atom stereocenters. The predicted molar refractivity (Wildman–Crippen MR) is 72.3 cm³/mol. The van der Waals surface area contributed by atoms with Crippen LogP contribution in [0.4, 0.5) is 11.4 Å². The quantitative estimate of drug-likeness (QED) is 0.841. The predicted octanol–water partition coefficient (Wildman–Crippen LogP) is 0.719. The summed E-state index contributed by atoms with van der Waals surface area (Å²) in [6.45, 7) is 0.674. The second-order valence-corrected chi connectivity index (χ2v) is 4.32. The normalized spacial score (nSPS) is 14.4. The van der Waals surface area contributed by atoms with Gasteiger partial charge in [0.1, 0.15) is 5.75 Å². The number of carbonyl (C=O) groups excluding carboxylic acids is 2. The van der Waals surface area contributed by atoms with Gasteiger partial charge in [-0.2, -0.15) is 0 Å². The Labute approximate surface area is 111 Å². The van der Waals surface area contributed by atoms with Gasteiger partial charge >= 0.3 is 0 Å². The number of hydrogen-bond acceptors (Lipinski definition) is 4. The Balaban J connectivity index is 2.24. The summed E-state index contributed by atoms with van der Waals surface area (Å²) in [6.07, 6.45) is 0.613. The van der Waals surface area contributed by atoms with Crippen LogP contribution in [-0.2, 0) is 9.59 Å². The van der Waals surface area contributed by atoms with Gasteiger partial charge in [0.2, 0.25) is 11.8 Å². The van der Waals surface area contributed by atoms with E-state index in [1.165, 1.54) is 0 Å². The van der Waals surface area contributed by atoms with Crippen molar-refractivity contribution in [3.63, 3.8) is 0 Å². The Morgan fingerprint density at radius 2 is 2.32 bits per heavy atom. The number of nitrogens with zero attached hydrogens (tertiary/aromatic N) is 1. The van der Waals surface area contributed by atoms with Crippen molar-refractivity contribution in [2.75, 3.05) is 30.4 Å². The lowest BCUT2D eigenvalue weighted by Gasteiger charge is -2.17. The first-order valence-electron chi connectivity index (χ1n) is 6.15. The molecular weight excluding hydrogens is 246 g/mol. The second kappa shape index (κ2) is 5.71. The third kappa shape index (κ3) is 3.03.